The SMILES string of the molecule is C[N+]1=CC[N+](Cc2ccccc2)=C1. The summed E-state index contributed by atoms with van der Waals surface area (Å²) >= 11 is 0. The summed E-state index contributed by atoms with van der Waals surface area (Å²) in [7, 11) is 2.06. The Morgan fingerprint density at radius 2 is 2.00 bits per heavy atom. The molecule has 0 amide bonds. The molecule has 1 aliphatic heterocycles. The zero-order chi connectivity index (χ0) is 9.10. The molecule has 0 saturated carbocycles. The molecule has 66 valence electrons. The lowest BCUT2D eigenvalue weighted by Gasteiger charge is -1.94. The van der Waals surface area contributed by atoms with Crippen molar-refractivity contribution in [3.05, 3.63) is 35.9 Å². The van der Waals surface area contributed by atoms with Gasteiger partial charge in [-0.05, 0) is 0 Å². The highest BCUT2D eigenvalue weighted by Gasteiger charge is 2.15. The lowest BCUT2D eigenvalue weighted by molar-refractivity contribution is -0.545. The molecule has 0 fully saturated rings. The summed E-state index contributed by atoms with van der Waals surface area (Å²) in [5.41, 5.74) is 1.36. The van der Waals surface area contributed by atoms with Gasteiger partial charge >= 0.3 is 6.34 Å². The average Bonchev–Trinajstić information content (AvgIpc) is 2.53. The first-order chi connectivity index (χ1) is 6.34. The number of nitrogens with zero attached hydrogens (tertiary/aromatic N) is 2. The van der Waals surface area contributed by atoms with E-state index in [-0.39, 0.29) is 0 Å². The van der Waals surface area contributed by atoms with E-state index in [0.29, 0.717) is 0 Å². The summed E-state index contributed by atoms with van der Waals surface area (Å²) in [6.07, 6.45) is 4.30. The largest absolute Gasteiger partial charge is 0.401 e. The third-order valence-corrected chi connectivity index (χ3v) is 2.18. The molecule has 0 saturated heterocycles. The molecular formula is C11H14N2+2. The average molecular weight is 174 g/mol. The molecule has 1 aromatic carbocycles. The second kappa shape index (κ2) is 3.52. The van der Waals surface area contributed by atoms with E-state index < -0.39 is 0 Å². The summed E-state index contributed by atoms with van der Waals surface area (Å²) in [6, 6.07) is 10.5. The Balaban J connectivity index is 2.05. The molecular weight excluding hydrogens is 160 g/mol. The second-order valence-electron chi connectivity index (χ2n) is 3.38. The molecule has 0 aliphatic carbocycles. The van der Waals surface area contributed by atoms with E-state index in [0.717, 1.165) is 13.1 Å². The summed E-state index contributed by atoms with van der Waals surface area (Å²) in [5, 5.41) is 0. The monoisotopic (exact) mass is 174 g/mol. The van der Waals surface area contributed by atoms with Crippen molar-refractivity contribution in [1.82, 2.24) is 0 Å². The number of hydrogen-bond acceptors (Lipinski definition) is 0. The van der Waals surface area contributed by atoms with Crippen LogP contribution in [0.15, 0.2) is 30.3 Å². The first-order valence-electron chi connectivity index (χ1n) is 4.53. The van der Waals surface area contributed by atoms with Gasteiger partial charge in [0.25, 0.3) is 0 Å². The minimum absolute atomic E-state index is 1.00. The maximum Gasteiger partial charge on any atom is 0.401 e. The van der Waals surface area contributed by atoms with Crippen molar-refractivity contribution in [1.29, 1.82) is 0 Å². The molecule has 1 aromatic rings. The van der Waals surface area contributed by atoms with Crippen LogP contribution in [-0.4, -0.2) is 35.3 Å². The predicted octanol–water partition coefficient (Wildman–Crippen LogP) is 0.954. The molecule has 2 heteroatoms. The molecule has 2 nitrogen and oxygen atoms in total. The molecule has 0 N–H and O–H groups in total. The van der Waals surface area contributed by atoms with Crippen LogP contribution >= 0.6 is 0 Å². The van der Waals surface area contributed by atoms with Gasteiger partial charge in [0, 0.05) is 5.56 Å². The summed E-state index contributed by atoms with van der Waals surface area (Å²) in [6.45, 7) is 2.02. The molecule has 13 heavy (non-hydrogen) atoms. The Kier molecular flexibility index (Phi) is 2.21. The topological polar surface area (TPSA) is 6.02 Å². The predicted molar refractivity (Wildman–Crippen MR) is 53.6 cm³/mol. The zero-order valence-electron chi connectivity index (χ0n) is 7.85. The Labute approximate surface area is 78.5 Å². The molecule has 0 aromatic heterocycles. The maximum atomic E-state index is 2.29. The Hall–Kier alpha value is -1.44. The molecule has 0 unspecified atom stereocenters. The van der Waals surface area contributed by atoms with Crippen LogP contribution in [0.2, 0.25) is 0 Å². The van der Waals surface area contributed by atoms with E-state index >= 15 is 0 Å². The first kappa shape index (κ1) is 8.17. The molecule has 2 rings (SSSR count). The van der Waals surface area contributed by atoms with Gasteiger partial charge in [-0.2, -0.15) is 9.15 Å². The van der Waals surface area contributed by atoms with Crippen LogP contribution in [0.25, 0.3) is 0 Å². The van der Waals surface area contributed by atoms with E-state index in [2.05, 4.69) is 59.1 Å². The van der Waals surface area contributed by atoms with Crippen molar-refractivity contribution < 1.29 is 9.15 Å². The van der Waals surface area contributed by atoms with Crippen LogP contribution < -0.4 is 0 Å². The first-order valence-corrected chi connectivity index (χ1v) is 4.53. The molecule has 1 aliphatic rings. The van der Waals surface area contributed by atoms with Crippen molar-refractivity contribution in [2.75, 3.05) is 13.6 Å². The van der Waals surface area contributed by atoms with Crippen LogP contribution in [0.1, 0.15) is 5.56 Å². The van der Waals surface area contributed by atoms with Gasteiger partial charge in [0.1, 0.15) is 7.05 Å². The summed E-state index contributed by atoms with van der Waals surface area (Å²) in [5.74, 6) is 0. The van der Waals surface area contributed by atoms with E-state index in [9.17, 15) is 0 Å². The van der Waals surface area contributed by atoms with Gasteiger partial charge in [0.15, 0.2) is 6.54 Å². The van der Waals surface area contributed by atoms with Gasteiger partial charge in [0.2, 0.25) is 12.8 Å². The quantitative estimate of drug-likeness (QED) is 0.589. The van der Waals surface area contributed by atoms with Gasteiger partial charge in [-0.1, -0.05) is 30.3 Å². The van der Waals surface area contributed by atoms with Gasteiger partial charge < -0.3 is 0 Å². The van der Waals surface area contributed by atoms with E-state index in [4.69, 9.17) is 0 Å². The molecule has 0 bridgehead atoms. The number of hydrogen-bond donors (Lipinski definition) is 0. The van der Waals surface area contributed by atoms with Crippen molar-refractivity contribution in [2.24, 2.45) is 0 Å². The third kappa shape index (κ3) is 2.02. The van der Waals surface area contributed by atoms with Crippen molar-refractivity contribution >= 4 is 12.6 Å². The summed E-state index contributed by atoms with van der Waals surface area (Å²) in [4.78, 5) is 0. The smallest absolute Gasteiger partial charge is 0.167 e. The van der Waals surface area contributed by atoms with Crippen LogP contribution in [0.5, 0.6) is 0 Å². The number of benzene rings is 1. The molecule has 0 atom stereocenters. The lowest BCUT2D eigenvalue weighted by atomic mass is 10.2. The third-order valence-electron chi connectivity index (χ3n) is 2.18. The van der Waals surface area contributed by atoms with Crippen molar-refractivity contribution in [3.63, 3.8) is 0 Å². The van der Waals surface area contributed by atoms with E-state index in [1.165, 1.54) is 5.56 Å². The van der Waals surface area contributed by atoms with Crippen molar-refractivity contribution in [3.8, 4) is 0 Å². The second-order valence-corrected chi connectivity index (χ2v) is 3.38. The minimum Gasteiger partial charge on any atom is -0.167 e. The standard InChI is InChI=1S/C11H14N2/c1-12-7-8-13(10-12)9-11-5-3-2-4-6-11/h2-7,10H,8-9H2,1H3/q+2. The highest BCUT2D eigenvalue weighted by Crippen LogP contribution is 2.00. The lowest BCUT2D eigenvalue weighted by Crippen LogP contribution is -2.10. The van der Waals surface area contributed by atoms with Crippen LogP contribution in [-0.2, 0) is 6.54 Å². The fourth-order valence-electron chi connectivity index (χ4n) is 1.51. The highest BCUT2D eigenvalue weighted by atomic mass is 15.2. The van der Waals surface area contributed by atoms with E-state index in [1.54, 1.807) is 0 Å². The normalized spacial score (nSPS) is 15.5. The molecule has 1 heterocycles. The van der Waals surface area contributed by atoms with Crippen LogP contribution in [0.3, 0.4) is 0 Å². The number of rotatable bonds is 2. The molecule has 0 spiro atoms. The fraction of sp³-hybridized carbons (Fsp3) is 0.273. The minimum atomic E-state index is 1.00. The van der Waals surface area contributed by atoms with Gasteiger partial charge in [-0.3, -0.25) is 0 Å². The van der Waals surface area contributed by atoms with Crippen molar-refractivity contribution in [2.45, 2.75) is 6.54 Å². The molecule has 0 radical (unpaired) electrons. The Morgan fingerprint density at radius 3 is 2.62 bits per heavy atom. The fourth-order valence-corrected chi connectivity index (χ4v) is 1.51. The van der Waals surface area contributed by atoms with Crippen LogP contribution in [0.4, 0.5) is 0 Å². The zero-order valence-corrected chi connectivity index (χ0v) is 7.85. The van der Waals surface area contributed by atoms with Gasteiger partial charge in [-0.25, -0.2) is 0 Å². The van der Waals surface area contributed by atoms with Gasteiger partial charge in [0.05, 0.1) is 0 Å². The van der Waals surface area contributed by atoms with Gasteiger partial charge in [-0.15, -0.1) is 0 Å². The van der Waals surface area contributed by atoms with Crippen LogP contribution in [0, 0.1) is 0 Å². The summed E-state index contributed by atoms with van der Waals surface area (Å²) < 4.78 is 4.39. The maximum absolute atomic E-state index is 2.29. The van der Waals surface area contributed by atoms with E-state index in [1.807, 2.05) is 0 Å². The Bertz CT molecular complexity index is 350. The highest BCUT2D eigenvalue weighted by molar-refractivity contribution is 5.61. The Morgan fingerprint density at radius 1 is 1.23 bits per heavy atom.